The van der Waals surface area contributed by atoms with Crippen molar-refractivity contribution in [1.29, 1.82) is 0 Å². The van der Waals surface area contributed by atoms with Gasteiger partial charge in [0.2, 0.25) is 5.91 Å². The molecule has 3 rings (SSSR count). The highest BCUT2D eigenvalue weighted by atomic mass is 32.2. The number of rotatable bonds is 5. The number of carbonyl (C=O) groups excluding carboxylic acids is 1. The maximum absolute atomic E-state index is 13.7. The highest BCUT2D eigenvalue weighted by molar-refractivity contribution is 8.00. The molecule has 0 spiro atoms. The summed E-state index contributed by atoms with van der Waals surface area (Å²) in [5.74, 6) is -1.89. The molecular weight excluding hydrogens is 356 g/mol. The molecule has 3 aromatic rings. The third-order valence-corrected chi connectivity index (χ3v) is 4.90. The van der Waals surface area contributed by atoms with Crippen molar-refractivity contribution in [2.24, 2.45) is 0 Å². The number of anilines is 1. The fourth-order valence-electron chi connectivity index (χ4n) is 2.43. The first-order valence-electron chi connectivity index (χ1n) is 7.97. The van der Waals surface area contributed by atoms with Gasteiger partial charge in [0.25, 0.3) is 0 Å². The molecule has 0 saturated heterocycles. The Bertz CT molecular complexity index is 942. The fourth-order valence-corrected chi connectivity index (χ4v) is 3.31. The van der Waals surface area contributed by atoms with Crippen molar-refractivity contribution in [2.75, 3.05) is 5.32 Å². The summed E-state index contributed by atoms with van der Waals surface area (Å²) in [6, 6.07) is 10.9. The van der Waals surface area contributed by atoms with E-state index >= 15 is 0 Å². The van der Waals surface area contributed by atoms with E-state index in [1.807, 2.05) is 42.0 Å². The van der Waals surface area contributed by atoms with E-state index in [0.29, 0.717) is 5.16 Å². The molecule has 0 aliphatic carbocycles. The van der Waals surface area contributed by atoms with Crippen LogP contribution in [0.3, 0.4) is 0 Å². The van der Waals surface area contributed by atoms with Gasteiger partial charge in [-0.1, -0.05) is 30.0 Å². The van der Waals surface area contributed by atoms with Crippen LogP contribution in [0.5, 0.6) is 0 Å². The van der Waals surface area contributed by atoms with Gasteiger partial charge in [-0.15, -0.1) is 0 Å². The van der Waals surface area contributed by atoms with Gasteiger partial charge in [-0.2, -0.15) is 0 Å². The highest BCUT2D eigenvalue weighted by Gasteiger charge is 2.19. The summed E-state index contributed by atoms with van der Waals surface area (Å²) in [7, 11) is 0. The summed E-state index contributed by atoms with van der Waals surface area (Å²) in [6.07, 6.45) is 3.49. The molecule has 0 saturated carbocycles. The van der Waals surface area contributed by atoms with Crippen LogP contribution in [0.4, 0.5) is 14.5 Å². The molecular formula is C19H17F2N3OS. The average molecular weight is 373 g/mol. The number of hydrogen-bond acceptors (Lipinski definition) is 3. The van der Waals surface area contributed by atoms with Crippen molar-refractivity contribution >= 4 is 23.4 Å². The number of halogens is 2. The summed E-state index contributed by atoms with van der Waals surface area (Å²) >= 11 is 1.26. The Labute approximate surface area is 154 Å². The first kappa shape index (κ1) is 18.1. The molecule has 0 aliphatic rings. The lowest BCUT2D eigenvalue weighted by Crippen LogP contribution is -2.23. The number of para-hydroxylation sites is 1. The van der Waals surface area contributed by atoms with Crippen LogP contribution in [0.2, 0.25) is 0 Å². The zero-order valence-corrected chi connectivity index (χ0v) is 15.1. The fraction of sp³-hybridized carbons (Fsp3) is 0.158. The highest BCUT2D eigenvalue weighted by Crippen LogP contribution is 2.27. The predicted molar refractivity (Wildman–Crippen MR) is 98.6 cm³/mol. The Morgan fingerprint density at radius 1 is 1.23 bits per heavy atom. The van der Waals surface area contributed by atoms with Gasteiger partial charge in [-0.25, -0.2) is 13.8 Å². The molecule has 7 heteroatoms. The largest absolute Gasteiger partial charge is 0.323 e. The number of nitrogens with zero attached hydrogens (tertiary/aromatic N) is 2. The lowest BCUT2D eigenvalue weighted by atomic mass is 10.2. The van der Waals surface area contributed by atoms with Gasteiger partial charge in [0, 0.05) is 18.5 Å². The summed E-state index contributed by atoms with van der Waals surface area (Å²) in [5.41, 5.74) is 2.01. The molecule has 134 valence electrons. The Morgan fingerprint density at radius 2 is 2.00 bits per heavy atom. The Morgan fingerprint density at radius 3 is 2.73 bits per heavy atom. The Kier molecular flexibility index (Phi) is 5.37. The van der Waals surface area contributed by atoms with Crippen LogP contribution >= 0.6 is 11.8 Å². The number of thioether (sulfide) groups is 1. The molecule has 1 unspecified atom stereocenters. The van der Waals surface area contributed by atoms with Crippen molar-refractivity contribution < 1.29 is 13.6 Å². The zero-order chi connectivity index (χ0) is 18.7. The van der Waals surface area contributed by atoms with E-state index in [1.54, 1.807) is 13.1 Å². The number of benzene rings is 2. The van der Waals surface area contributed by atoms with Gasteiger partial charge in [0.15, 0.2) is 5.16 Å². The maximum atomic E-state index is 13.7. The second-order valence-corrected chi connectivity index (χ2v) is 7.05. The van der Waals surface area contributed by atoms with Crippen LogP contribution in [0.15, 0.2) is 60.0 Å². The molecule has 0 aliphatic heterocycles. The van der Waals surface area contributed by atoms with Crippen LogP contribution < -0.4 is 5.32 Å². The van der Waals surface area contributed by atoms with Crippen molar-refractivity contribution in [3.05, 3.63) is 72.1 Å². The van der Waals surface area contributed by atoms with E-state index in [4.69, 9.17) is 0 Å². The summed E-state index contributed by atoms with van der Waals surface area (Å²) in [5, 5.41) is 2.61. The number of carbonyl (C=O) groups is 1. The quantitative estimate of drug-likeness (QED) is 0.666. The summed E-state index contributed by atoms with van der Waals surface area (Å²) in [4.78, 5) is 16.7. The molecule has 4 nitrogen and oxygen atoms in total. The van der Waals surface area contributed by atoms with E-state index in [9.17, 15) is 13.6 Å². The molecule has 1 aromatic heterocycles. The number of aromatic nitrogens is 2. The third kappa shape index (κ3) is 3.94. The van der Waals surface area contributed by atoms with Gasteiger partial charge >= 0.3 is 0 Å². The van der Waals surface area contributed by atoms with Gasteiger partial charge in [-0.3, -0.25) is 9.36 Å². The van der Waals surface area contributed by atoms with Crippen molar-refractivity contribution in [2.45, 2.75) is 24.3 Å². The number of imidazole rings is 1. The van der Waals surface area contributed by atoms with E-state index in [-0.39, 0.29) is 11.6 Å². The van der Waals surface area contributed by atoms with Crippen LogP contribution in [-0.2, 0) is 4.79 Å². The van der Waals surface area contributed by atoms with Gasteiger partial charge in [-0.05, 0) is 37.6 Å². The van der Waals surface area contributed by atoms with E-state index in [1.165, 1.54) is 17.8 Å². The molecule has 0 bridgehead atoms. The number of hydrogen-bond donors (Lipinski definition) is 1. The lowest BCUT2D eigenvalue weighted by Gasteiger charge is -2.14. The summed E-state index contributed by atoms with van der Waals surface area (Å²) in [6.45, 7) is 3.70. The lowest BCUT2D eigenvalue weighted by molar-refractivity contribution is -0.115. The predicted octanol–water partition coefficient (Wildman–Crippen LogP) is 4.58. The van der Waals surface area contributed by atoms with Crippen LogP contribution in [0.25, 0.3) is 5.69 Å². The number of nitrogens with one attached hydrogen (secondary N) is 1. The van der Waals surface area contributed by atoms with Crippen LogP contribution in [-0.4, -0.2) is 20.7 Å². The minimum absolute atomic E-state index is 0.0499. The first-order valence-corrected chi connectivity index (χ1v) is 8.85. The summed E-state index contributed by atoms with van der Waals surface area (Å²) < 4.78 is 28.6. The Balaban J connectivity index is 1.74. The molecule has 0 radical (unpaired) electrons. The second-order valence-electron chi connectivity index (χ2n) is 5.74. The molecule has 1 N–H and O–H groups in total. The first-order chi connectivity index (χ1) is 12.5. The number of aryl methyl sites for hydroxylation is 1. The van der Waals surface area contributed by atoms with Gasteiger partial charge in [0.1, 0.15) is 11.6 Å². The van der Waals surface area contributed by atoms with Crippen molar-refractivity contribution in [3.8, 4) is 5.69 Å². The zero-order valence-electron chi connectivity index (χ0n) is 14.2. The number of amides is 1. The molecule has 1 atom stereocenters. The van der Waals surface area contributed by atoms with Gasteiger partial charge < -0.3 is 5.32 Å². The van der Waals surface area contributed by atoms with Crippen molar-refractivity contribution in [1.82, 2.24) is 9.55 Å². The van der Waals surface area contributed by atoms with Crippen molar-refractivity contribution in [3.63, 3.8) is 0 Å². The Hall–Kier alpha value is -2.67. The molecule has 0 fully saturated rings. The van der Waals surface area contributed by atoms with Crippen LogP contribution in [0.1, 0.15) is 12.5 Å². The molecule has 1 heterocycles. The smallest absolute Gasteiger partial charge is 0.237 e. The van der Waals surface area contributed by atoms with E-state index in [0.717, 1.165) is 23.4 Å². The standard InChI is InChI=1S/C19H17F2N3OS/c1-12-5-3-4-6-17(12)24-10-9-22-19(24)26-13(2)18(25)23-16-8-7-14(20)11-15(16)21/h3-11,13H,1-2H3,(H,23,25). The normalized spacial score (nSPS) is 12.0. The average Bonchev–Trinajstić information content (AvgIpc) is 3.05. The van der Waals surface area contributed by atoms with Gasteiger partial charge in [0.05, 0.1) is 16.6 Å². The monoisotopic (exact) mass is 373 g/mol. The molecule has 2 aromatic carbocycles. The SMILES string of the molecule is Cc1ccccc1-n1ccnc1SC(C)C(=O)Nc1ccc(F)cc1F. The molecule has 26 heavy (non-hydrogen) atoms. The third-order valence-electron chi connectivity index (χ3n) is 3.82. The topological polar surface area (TPSA) is 46.9 Å². The maximum Gasteiger partial charge on any atom is 0.237 e. The van der Waals surface area contributed by atoms with E-state index < -0.39 is 16.9 Å². The van der Waals surface area contributed by atoms with Crippen LogP contribution in [0, 0.1) is 18.6 Å². The molecule has 1 amide bonds. The van der Waals surface area contributed by atoms with E-state index in [2.05, 4.69) is 10.3 Å². The minimum Gasteiger partial charge on any atom is -0.323 e. The minimum atomic E-state index is -0.808. The second kappa shape index (κ2) is 7.70.